The third-order valence-corrected chi connectivity index (χ3v) is 3.52. The van der Waals surface area contributed by atoms with Crippen LogP contribution in [0.5, 0.6) is 0 Å². The summed E-state index contributed by atoms with van der Waals surface area (Å²) in [5, 5.41) is 2.86. The van der Waals surface area contributed by atoms with Gasteiger partial charge in [-0.25, -0.2) is 9.37 Å². The van der Waals surface area contributed by atoms with Crippen molar-refractivity contribution in [3.63, 3.8) is 0 Å². The Balaban J connectivity index is 2.12. The maximum absolute atomic E-state index is 14.2. The van der Waals surface area contributed by atoms with Gasteiger partial charge in [0.05, 0.1) is 16.6 Å². The van der Waals surface area contributed by atoms with Crippen LogP contribution in [0.2, 0.25) is 0 Å². The second kappa shape index (κ2) is 6.20. The highest BCUT2D eigenvalue weighted by Gasteiger charge is 2.17. The van der Waals surface area contributed by atoms with Crippen molar-refractivity contribution < 1.29 is 9.18 Å². The second-order valence-electron chi connectivity index (χ2n) is 5.71. The molecule has 0 unspecified atom stereocenters. The van der Waals surface area contributed by atoms with Crippen molar-refractivity contribution >= 4 is 16.9 Å². The van der Waals surface area contributed by atoms with Crippen LogP contribution in [0, 0.1) is 5.82 Å². The number of amides is 1. The molecule has 118 valence electrons. The van der Waals surface area contributed by atoms with E-state index in [1.165, 1.54) is 6.07 Å². The summed E-state index contributed by atoms with van der Waals surface area (Å²) < 4.78 is 15.9. The molecule has 0 aliphatic carbocycles. The van der Waals surface area contributed by atoms with Crippen LogP contribution in [-0.2, 0) is 11.3 Å². The van der Waals surface area contributed by atoms with E-state index in [9.17, 15) is 9.18 Å². The van der Waals surface area contributed by atoms with Gasteiger partial charge in [0.25, 0.3) is 0 Å². The third-order valence-electron chi connectivity index (χ3n) is 3.52. The fourth-order valence-electron chi connectivity index (χ4n) is 2.59. The Morgan fingerprint density at radius 3 is 2.61 bits per heavy atom. The molecule has 0 radical (unpaired) electrons. The largest absolute Gasteiger partial charge is 0.352 e. The fourth-order valence-corrected chi connectivity index (χ4v) is 2.59. The zero-order valence-electron chi connectivity index (χ0n) is 13.1. The predicted octanol–water partition coefficient (Wildman–Crippen LogP) is 3.37. The van der Waals surface area contributed by atoms with Gasteiger partial charge in [-0.2, -0.15) is 0 Å². The maximum Gasteiger partial charge on any atom is 0.240 e. The number of hydrogen-bond donors (Lipinski definition) is 1. The predicted molar refractivity (Wildman–Crippen MR) is 88.4 cm³/mol. The van der Waals surface area contributed by atoms with Gasteiger partial charge in [-0.1, -0.05) is 24.3 Å². The van der Waals surface area contributed by atoms with E-state index >= 15 is 0 Å². The molecular formula is C18H18FN3O. The minimum atomic E-state index is -0.353. The lowest BCUT2D eigenvalue weighted by Gasteiger charge is -2.12. The fraction of sp³-hybridized carbons (Fsp3) is 0.222. The molecule has 0 bridgehead atoms. The van der Waals surface area contributed by atoms with Crippen LogP contribution in [0.15, 0.2) is 48.5 Å². The summed E-state index contributed by atoms with van der Waals surface area (Å²) >= 11 is 0. The summed E-state index contributed by atoms with van der Waals surface area (Å²) in [6, 6.07) is 14.0. The lowest BCUT2D eigenvalue weighted by Crippen LogP contribution is -2.33. The lowest BCUT2D eigenvalue weighted by molar-refractivity contribution is -0.122. The Hall–Kier alpha value is -2.69. The third kappa shape index (κ3) is 3.08. The van der Waals surface area contributed by atoms with E-state index in [1.807, 2.05) is 38.1 Å². The molecule has 0 aliphatic heterocycles. The highest BCUT2D eigenvalue weighted by Crippen LogP contribution is 2.26. The van der Waals surface area contributed by atoms with Crippen LogP contribution in [-0.4, -0.2) is 21.5 Å². The van der Waals surface area contributed by atoms with Crippen molar-refractivity contribution in [3.05, 3.63) is 54.3 Å². The number of nitrogens with one attached hydrogen (secondary N) is 1. The number of para-hydroxylation sites is 2. The molecular weight excluding hydrogens is 293 g/mol. The van der Waals surface area contributed by atoms with Crippen molar-refractivity contribution in [1.29, 1.82) is 0 Å². The maximum atomic E-state index is 14.2. The van der Waals surface area contributed by atoms with Crippen molar-refractivity contribution in [3.8, 4) is 11.4 Å². The molecule has 0 saturated carbocycles. The molecule has 4 nitrogen and oxygen atoms in total. The van der Waals surface area contributed by atoms with Crippen LogP contribution in [0.1, 0.15) is 13.8 Å². The van der Waals surface area contributed by atoms with Crippen molar-refractivity contribution in [2.45, 2.75) is 26.4 Å². The molecule has 1 heterocycles. The van der Waals surface area contributed by atoms with Gasteiger partial charge in [0.15, 0.2) is 0 Å². The Bertz CT molecular complexity index is 854. The summed E-state index contributed by atoms with van der Waals surface area (Å²) in [5.41, 5.74) is 1.94. The zero-order valence-corrected chi connectivity index (χ0v) is 13.1. The number of fused-ring (bicyclic) bond motifs is 1. The summed E-state index contributed by atoms with van der Waals surface area (Å²) in [6.45, 7) is 3.91. The molecule has 0 spiro atoms. The first-order chi connectivity index (χ1) is 11.1. The van der Waals surface area contributed by atoms with Gasteiger partial charge in [0.1, 0.15) is 18.2 Å². The van der Waals surface area contributed by atoms with Gasteiger partial charge in [-0.15, -0.1) is 0 Å². The lowest BCUT2D eigenvalue weighted by atomic mass is 10.2. The Morgan fingerprint density at radius 1 is 1.17 bits per heavy atom. The molecule has 2 aromatic carbocycles. The van der Waals surface area contributed by atoms with Gasteiger partial charge in [0, 0.05) is 6.04 Å². The van der Waals surface area contributed by atoms with E-state index < -0.39 is 0 Å². The van der Waals surface area contributed by atoms with E-state index in [4.69, 9.17) is 0 Å². The van der Waals surface area contributed by atoms with Gasteiger partial charge < -0.3 is 9.88 Å². The minimum absolute atomic E-state index is 0.0502. The van der Waals surface area contributed by atoms with E-state index in [2.05, 4.69) is 10.3 Å². The number of hydrogen-bond acceptors (Lipinski definition) is 2. The minimum Gasteiger partial charge on any atom is -0.352 e. The average molecular weight is 311 g/mol. The highest BCUT2D eigenvalue weighted by atomic mass is 19.1. The molecule has 1 amide bonds. The topological polar surface area (TPSA) is 46.9 Å². The average Bonchev–Trinajstić information content (AvgIpc) is 2.85. The zero-order chi connectivity index (χ0) is 16.4. The summed E-state index contributed by atoms with van der Waals surface area (Å²) in [7, 11) is 0. The first-order valence-electron chi connectivity index (χ1n) is 7.56. The molecule has 0 fully saturated rings. The standard InChI is InChI=1S/C18H18FN3O/c1-12(2)20-17(23)11-22-16-10-6-5-9-15(16)21-18(22)13-7-3-4-8-14(13)19/h3-10,12H,11H2,1-2H3,(H,20,23). The quantitative estimate of drug-likeness (QED) is 0.803. The SMILES string of the molecule is CC(C)NC(=O)Cn1c(-c2ccccc2F)nc2ccccc21. The van der Waals surface area contributed by atoms with Crippen LogP contribution in [0.25, 0.3) is 22.4 Å². The number of benzene rings is 2. The molecule has 0 aliphatic rings. The Kier molecular flexibility index (Phi) is 4.10. The summed E-state index contributed by atoms with van der Waals surface area (Å²) in [6.07, 6.45) is 0. The van der Waals surface area contributed by atoms with Crippen LogP contribution in [0.3, 0.4) is 0 Å². The van der Waals surface area contributed by atoms with E-state index in [-0.39, 0.29) is 24.3 Å². The number of halogens is 1. The molecule has 0 saturated heterocycles. The first-order valence-corrected chi connectivity index (χ1v) is 7.56. The number of carbonyl (C=O) groups is 1. The molecule has 23 heavy (non-hydrogen) atoms. The van der Waals surface area contributed by atoms with Crippen molar-refractivity contribution in [1.82, 2.24) is 14.9 Å². The Labute approximate surface area is 134 Å². The summed E-state index contributed by atoms with van der Waals surface area (Å²) in [5.74, 6) is -0.0164. The second-order valence-corrected chi connectivity index (χ2v) is 5.71. The summed E-state index contributed by atoms with van der Waals surface area (Å²) in [4.78, 5) is 16.7. The van der Waals surface area contributed by atoms with E-state index in [0.29, 0.717) is 11.4 Å². The smallest absolute Gasteiger partial charge is 0.240 e. The molecule has 3 aromatic rings. The molecule has 1 N–H and O–H groups in total. The number of aromatic nitrogens is 2. The first kappa shape index (κ1) is 15.2. The molecule has 5 heteroatoms. The van der Waals surface area contributed by atoms with Crippen LogP contribution < -0.4 is 5.32 Å². The van der Waals surface area contributed by atoms with Gasteiger partial charge in [-0.05, 0) is 38.1 Å². The normalized spacial score (nSPS) is 11.1. The number of rotatable bonds is 4. The highest BCUT2D eigenvalue weighted by molar-refractivity contribution is 5.84. The van der Waals surface area contributed by atoms with Gasteiger partial charge in [-0.3, -0.25) is 4.79 Å². The molecule has 0 atom stereocenters. The van der Waals surface area contributed by atoms with Crippen molar-refractivity contribution in [2.24, 2.45) is 0 Å². The molecule has 1 aromatic heterocycles. The van der Waals surface area contributed by atoms with Crippen molar-refractivity contribution in [2.75, 3.05) is 0 Å². The Morgan fingerprint density at radius 2 is 1.87 bits per heavy atom. The van der Waals surface area contributed by atoms with E-state index in [1.54, 1.807) is 22.8 Å². The number of nitrogens with zero attached hydrogens (tertiary/aromatic N) is 2. The molecule has 3 rings (SSSR count). The number of carbonyl (C=O) groups excluding carboxylic acids is 1. The van der Waals surface area contributed by atoms with Gasteiger partial charge in [0.2, 0.25) is 5.91 Å². The van der Waals surface area contributed by atoms with Gasteiger partial charge >= 0.3 is 0 Å². The van der Waals surface area contributed by atoms with E-state index in [0.717, 1.165) is 11.0 Å². The monoisotopic (exact) mass is 311 g/mol. The van der Waals surface area contributed by atoms with Crippen LogP contribution >= 0.6 is 0 Å². The van der Waals surface area contributed by atoms with Crippen LogP contribution in [0.4, 0.5) is 4.39 Å². The number of imidazole rings is 1.